The second-order valence-electron chi connectivity index (χ2n) is 8.04. The summed E-state index contributed by atoms with van der Waals surface area (Å²) in [7, 11) is 0. The van der Waals surface area contributed by atoms with Crippen LogP contribution in [-0.2, 0) is 0 Å². The van der Waals surface area contributed by atoms with Gasteiger partial charge in [-0.3, -0.25) is 0 Å². The minimum absolute atomic E-state index is 0.562. The molecule has 0 aliphatic rings. The summed E-state index contributed by atoms with van der Waals surface area (Å²) in [4.78, 5) is 9.56. The number of hydrogen-bond acceptors (Lipinski definition) is 4. The molecule has 0 radical (unpaired) electrons. The van der Waals surface area contributed by atoms with Gasteiger partial charge in [0, 0.05) is 16.6 Å². The molecule has 3 rings (SSSR count). The van der Waals surface area contributed by atoms with E-state index in [0.717, 1.165) is 34.1 Å². The Balaban J connectivity index is 2.04. The molecule has 158 valence electrons. The van der Waals surface area contributed by atoms with Gasteiger partial charge in [0.2, 0.25) is 0 Å². The molecule has 0 unspecified atom stereocenters. The van der Waals surface area contributed by atoms with Crippen LogP contribution in [0.3, 0.4) is 0 Å². The second kappa shape index (κ2) is 10.0. The second-order valence-corrected chi connectivity index (χ2v) is 8.04. The van der Waals surface area contributed by atoms with Crippen molar-refractivity contribution in [3.05, 3.63) is 77.5 Å². The van der Waals surface area contributed by atoms with Gasteiger partial charge in [0.25, 0.3) is 0 Å². The molecular formula is C27H30N4. The third-order valence-electron chi connectivity index (χ3n) is 5.56. The maximum atomic E-state index is 9.32. The van der Waals surface area contributed by atoms with Crippen molar-refractivity contribution in [3.63, 3.8) is 0 Å². The standard InChI is InChI=1S/C27H30N4/c1-6-9-22(7-2)19(4)15-20(5)29-27-24-13-12-21(17-28)16-25(24)30-26(31-27)23-11-8-10-18(3)14-23/h8,10-16,22H,5-7,9H2,1-4H3,(H,29,30,31)/b19-15-/t22-/m0/s1. The number of aryl methyl sites for hydroxylation is 1. The van der Waals surface area contributed by atoms with Crippen molar-refractivity contribution >= 4 is 16.7 Å². The fraction of sp³-hybridized carbons (Fsp3) is 0.296. The molecule has 0 saturated carbocycles. The smallest absolute Gasteiger partial charge is 0.162 e. The molecule has 4 nitrogen and oxygen atoms in total. The maximum Gasteiger partial charge on any atom is 0.162 e. The van der Waals surface area contributed by atoms with E-state index in [1.165, 1.54) is 18.4 Å². The van der Waals surface area contributed by atoms with E-state index in [1.54, 1.807) is 12.1 Å². The van der Waals surface area contributed by atoms with E-state index in [4.69, 9.17) is 9.97 Å². The predicted molar refractivity (Wildman–Crippen MR) is 130 cm³/mol. The summed E-state index contributed by atoms with van der Waals surface area (Å²) >= 11 is 0. The Kier molecular flexibility index (Phi) is 7.20. The third-order valence-corrected chi connectivity index (χ3v) is 5.56. The molecule has 1 N–H and O–H groups in total. The number of rotatable bonds is 8. The number of fused-ring (bicyclic) bond motifs is 1. The van der Waals surface area contributed by atoms with E-state index in [9.17, 15) is 5.26 Å². The highest BCUT2D eigenvalue weighted by molar-refractivity contribution is 5.92. The molecule has 1 aromatic heterocycles. The quantitative estimate of drug-likeness (QED) is 0.400. The summed E-state index contributed by atoms with van der Waals surface area (Å²) in [5, 5.41) is 13.6. The number of allylic oxidation sites excluding steroid dienone is 2. The maximum absolute atomic E-state index is 9.32. The van der Waals surface area contributed by atoms with Gasteiger partial charge in [-0.25, -0.2) is 9.97 Å². The molecule has 1 heterocycles. The normalized spacial score (nSPS) is 12.4. The zero-order chi connectivity index (χ0) is 22.4. The Bertz CT molecular complexity index is 1170. The highest BCUT2D eigenvalue weighted by atomic mass is 15.0. The average Bonchev–Trinajstić information content (AvgIpc) is 2.76. The monoisotopic (exact) mass is 410 g/mol. The number of anilines is 1. The van der Waals surface area contributed by atoms with Crippen LogP contribution in [0.5, 0.6) is 0 Å². The lowest BCUT2D eigenvalue weighted by Gasteiger charge is -2.16. The van der Waals surface area contributed by atoms with Crippen LogP contribution < -0.4 is 5.32 Å². The van der Waals surface area contributed by atoms with E-state index in [2.05, 4.69) is 50.9 Å². The molecule has 3 aromatic rings. The number of nitriles is 1. The lowest BCUT2D eigenvalue weighted by Crippen LogP contribution is -2.05. The van der Waals surface area contributed by atoms with E-state index >= 15 is 0 Å². The summed E-state index contributed by atoms with van der Waals surface area (Å²) in [6, 6.07) is 15.8. The van der Waals surface area contributed by atoms with Crippen molar-refractivity contribution in [1.29, 1.82) is 5.26 Å². The summed E-state index contributed by atoms with van der Waals surface area (Å²) in [5.41, 5.74) is 5.52. The number of nitrogens with one attached hydrogen (secondary N) is 1. The van der Waals surface area contributed by atoms with Crippen molar-refractivity contribution < 1.29 is 0 Å². The molecule has 4 heteroatoms. The fourth-order valence-electron chi connectivity index (χ4n) is 3.89. The average molecular weight is 411 g/mol. The minimum Gasteiger partial charge on any atom is -0.340 e. The van der Waals surface area contributed by atoms with Crippen molar-refractivity contribution in [1.82, 2.24) is 9.97 Å². The van der Waals surface area contributed by atoms with E-state index in [-0.39, 0.29) is 0 Å². The highest BCUT2D eigenvalue weighted by Crippen LogP contribution is 2.28. The van der Waals surface area contributed by atoms with Crippen LogP contribution >= 0.6 is 0 Å². The first-order valence-electron chi connectivity index (χ1n) is 10.9. The zero-order valence-electron chi connectivity index (χ0n) is 18.9. The van der Waals surface area contributed by atoms with Gasteiger partial charge >= 0.3 is 0 Å². The Morgan fingerprint density at radius 3 is 2.68 bits per heavy atom. The molecule has 0 aliphatic carbocycles. The van der Waals surface area contributed by atoms with Gasteiger partial charge in [-0.2, -0.15) is 5.26 Å². The number of benzene rings is 2. The number of nitrogens with zero attached hydrogens (tertiary/aromatic N) is 3. The molecule has 0 saturated heterocycles. The van der Waals surface area contributed by atoms with Crippen molar-refractivity contribution in [3.8, 4) is 17.5 Å². The molecule has 0 fully saturated rings. The summed E-state index contributed by atoms with van der Waals surface area (Å²) in [6.07, 6.45) is 5.58. The van der Waals surface area contributed by atoms with Crippen LogP contribution in [0, 0.1) is 24.2 Å². The van der Waals surface area contributed by atoms with Crippen LogP contribution in [0.1, 0.15) is 51.2 Å². The van der Waals surface area contributed by atoms with Crippen molar-refractivity contribution in [2.75, 3.05) is 5.32 Å². The number of hydrogen-bond donors (Lipinski definition) is 1. The topological polar surface area (TPSA) is 61.6 Å². The molecular weight excluding hydrogens is 380 g/mol. The van der Waals surface area contributed by atoms with Gasteiger partial charge in [-0.1, -0.05) is 56.2 Å². The first-order valence-corrected chi connectivity index (χ1v) is 10.9. The van der Waals surface area contributed by atoms with Crippen LogP contribution in [-0.4, -0.2) is 9.97 Å². The number of aromatic nitrogens is 2. The van der Waals surface area contributed by atoms with Gasteiger partial charge in [-0.15, -0.1) is 0 Å². The first-order chi connectivity index (χ1) is 14.9. The van der Waals surface area contributed by atoms with Gasteiger partial charge in [0.05, 0.1) is 17.1 Å². The zero-order valence-corrected chi connectivity index (χ0v) is 18.9. The van der Waals surface area contributed by atoms with E-state index < -0.39 is 0 Å². The molecule has 2 aromatic carbocycles. The van der Waals surface area contributed by atoms with Crippen molar-refractivity contribution in [2.45, 2.75) is 47.0 Å². The van der Waals surface area contributed by atoms with E-state index in [1.807, 2.05) is 31.2 Å². The Labute approximate surface area is 185 Å². The molecule has 0 amide bonds. The molecule has 0 spiro atoms. The first kappa shape index (κ1) is 22.2. The predicted octanol–water partition coefficient (Wildman–Crippen LogP) is 7.18. The Hall–Kier alpha value is -3.45. The van der Waals surface area contributed by atoms with Gasteiger partial charge < -0.3 is 5.32 Å². The Morgan fingerprint density at radius 2 is 2.00 bits per heavy atom. The van der Waals surface area contributed by atoms with Crippen LogP contribution in [0.2, 0.25) is 0 Å². The molecule has 31 heavy (non-hydrogen) atoms. The van der Waals surface area contributed by atoms with Crippen LogP contribution in [0.4, 0.5) is 5.82 Å². The van der Waals surface area contributed by atoms with Crippen molar-refractivity contribution in [2.24, 2.45) is 5.92 Å². The summed E-state index contributed by atoms with van der Waals surface area (Å²) in [6.45, 7) is 12.9. The van der Waals surface area contributed by atoms with Gasteiger partial charge in [-0.05, 0) is 62.9 Å². The summed E-state index contributed by atoms with van der Waals surface area (Å²) < 4.78 is 0. The molecule has 0 aliphatic heterocycles. The fourth-order valence-corrected chi connectivity index (χ4v) is 3.89. The Morgan fingerprint density at radius 1 is 1.19 bits per heavy atom. The molecule has 0 bridgehead atoms. The highest BCUT2D eigenvalue weighted by Gasteiger charge is 2.12. The van der Waals surface area contributed by atoms with Gasteiger partial charge in [0.1, 0.15) is 5.82 Å². The van der Waals surface area contributed by atoms with Crippen LogP contribution in [0.15, 0.2) is 66.4 Å². The van der Waals surface area contributed by atoms with E-state index in [0.29, 0.717) is 23.1 Å². The summed E-state index contributed by atoms with van der Waals surface area (Å²) in [5.74, 6) is 1.88. The SMILES string of the molecule is C=C(/C=C(/C)[C@@H](CC)CCC)Nc1nc(-c2cccc(C)c2)nc2cc(C#N)ccc12. The third kappa shape index (κ3) is 5.38. The lowest BCUT2D eigenvalue weighted by atomic mass is 9.92. The van der Waals surface area contributed by atoms with Crippen LogP contribution in [0.25, 0.3) is 22.3 Å². The lowest BCUT2D eigenvalue weighted by molar-refractivity contribution is 0.534. The van der Waals surface area contributed by atoms with Gasteiger partial charge in [0.15, 0.2) is 5.82 Å². The minimum atomic E-state index is 0.562. The molecule has 1 atom stereocenters. The largest absolute Gasteiger partial charge is 0.340 e.